The first kappa shape index (κ1) is 19.9. The molecule has 0 saturated carbocycles. The zero-order chi connectivity index (χ0) is 21.5. The van der Waals surface area contributed by atoms with E-state index in [0.717, 1.165) is 39.0 Å². The highest BCUT2D eigenvalue weighted by atomic mass is 79.9. The van der Waals surface area contributed by atoms with Crippen molar-refractivity contribution in [2.45, 2.75) is 25.6 Å². The number of rotatable bonds is 4. The van der Waals surface area contributed by atoms with E-state index in [4.69, 9.17) is 19.3 Å². The molecule has 0 unspecified atom stereocenters. The van der Waals surface area contributed by atoms with E-state index in [1.807, 2.05) is 30.3 Å². The number of ether oxygens (including phenoxy) is 3. The van der Waals surface area contributed by atoms with Crippen molar-refractivity contribution in [1.82, 2.24) is 5.01 Å². The summed E-state index contributed by atoms with van der Waals surface area (Å²) in [6.45, 7) is 2.09. The number of benzene rings is 3. The number of para-hydroxylation sites is 1. The van der Waals surface area contributed by atoms with Crippen molar-refractivity contribution in [3.8, 4) is 17.2 Å². The largest absolute Gasteiger partial charge is 0.493 e. The van der Waals surface area contributed by atoms with Gasteiger partial charge in [-0.3, -0.25) is 0 Å². The average molecular weight is 479 g/mol. The lowest BCUT2D eigenvalue weighted by Crippen LogP contribution is -2.34. The Kier molecular flexibility index (Phi) is 5.10. The Labute approximate surface area is 190 Å². The highest BCUT2D eigenvalue weighted by molar-refractivity contribution is 9.10. The molecule has 158 valence electrons. The van der Waals surface area contributed by atoms with Gasteiger partial charge >= 0.3 is 0 Å². The summed E-state index contributed by atoms with van der Waals surface area (Å²) >= 11 is 3.61. The van der Waals surface area contributed by atoms with Crippen LogP contribution in [-0.2, 0) is 0 Å². The fourth-order valence-corrected chi connectivity index (χ4v) is 4.67. The maximum atomic E-state index is 6.49. The third-order valence-electron chi connectivity index (χ3n) is 5.84. The standard InChI is InChI=1S/C25H23BrN2O3/c1-15-7-9-16(10-8-15)20-14-21-19-13-17(26)11-12-22(19)31-25(28(21)27-20)18-5-4-6-23(29-2)24(18)30-3/h4-13,21,25H,14H2,1-3H3/t21-,25+/m1/s1. The maximum absolute atomic E-state index is 6.49. The van der Waals surface area contributed by atoms with Gasteiger partial charge in [0.05, 0.1) is 31.5 Å². The Hall–Kier alpha value is -2.99. The van der Waals surface area contributed by atoms with Gasteiger partial charge in [0.25, 0.3) is 0 Å². The van der Waals surface area contributed by atoms with Gasteiger partial charge in [-0.05, 0) is 42.8 Å². The number of hydrogen-bond donors (Lipinski definition) is 0. The first-order valence-electron chi connectivity index (χ1n) is 10.2. The second kappa shape index (κ2) is 7.93. The fourth-order valence-electron chi connectivity index (χ4n) is 4.29. The van der Waals surface area contributed by atoms with E-state index in [2.05, 4.69) is 58.2 Å². The lowest BCUT2D eigenvalue weighted by Gasteiger charge is -2.38. The molecule has 3 aromatic rings. The van der Waals surface area contributed by atoms with Crippen molar-refractivity contribution in [1.29, 1.82) is 0 Å². The van der Waals surface area contributed by atoms with Crippen LogP contribution in [0.25, 0.3) is 0 Å². The fraction of sp³-hybridized carbons (Fsp3) is 0.240. The summed E-state index contributed by atoms with van der Waals surface area (Å²) in [5.41, 5.74) is 5.42. The van der Waals surface area contributed by atoms with Crippen molar-refractivity contribution in [2.24, 2.45) is 5.10 Å². The van der Waals surface area contributed by atoms with E-state index in [-0.39, 0.29) is 6.04 Å². The molecule has 6 heteroatoms. The molecular weight excluding hydrogens is 456 g/mol. The van der Waals surface area contributed by atoms with Gasteiger partial charge in [0.1, 0.15) is 5.75 Å². The maximum Gasteiger partial charge on any atom is 0.217 e. The molecule has 0 aromatic heterocycles. The van der Waals surface area contributed by atoms with E-state index >= 15 is 0 Å². The van der Waals surface area contributed by atoms with Gasteiger partial charge in [0, 0.05) is 16.5 Å². The summed E-state index contributed by atoms with van der Waals surface area (Å²) in [7, 11) is 3.29. The van der Waals surface area contributed by atoms with Gasteiger partial charge in [0.2, 0.25) is 6.23 Å². The summed E-state index contributed by atoms with van der Waals surface area (Å²) in [4.78, 5) is 0. The SMILES string of the molecule is COc1cccc([C@@H]2Oc3ccc(Br)cc3[C@H]3CC(c4ccc(C)cc4)=NN32)c1OC. The Balaban J connectivity index is 1.64. The van der Waals surface area contributed by atoms with Crippen LogP contribution in [0.3, 0.4) is 0 Å². The molecule has 5 nitrogen and oxygen atoms in total. The number of hydrazone groups is 1. The van der Waals surface area contributed by atoms with Crippen LogP contribution in [0.1, 0.15) is 40.9 Å². The molecule has 0 aliphatic carbocycles. The molecule has 2 atom stereocenters. The number of fused-ring (bicyclic) bond motifs is 3. The molecule has 0 saturated heterocycles. The van der Waals surface area contributed by atoms with Crippen LogP contribution in [0.5, 0.6) is 17.2 Å². The molecule has 2 aliphatic heterocycles. The number of hydrogen-bond acceptors (Lipinski definition) is 5. The highest BCUT2D eigenvalue weighted by Crippen LogP contribution is 2.50. The van der Waals surface area contributed by atoms with Gasteiger partial charge in [-0.25, -0.2) is 5.01 Å². The van der Waals surface area contributed by atoms with Crippen molar-refractivity contribution in [2.75, 3.05) is 14.2 Å². The Morgan fingerprint density at radius 3 is 2.55 bits per heavy atom. The zero-order valence-electron chi connectivity index (χ0n) is 17.6. The van der Waals surface area contributed by atoms with Crippen LogP contribution in [0.2, 0.25) is 0 Å². The summed E-state index contributed by atoms with van der Waals surface area (Å²) in [6.07, 6.45) is 0.380. The van der Waals surface area contributed by atoms with E-state index in [0.29, 0.717) is 11.5 Å². The molecule has 31 heavy (non-hydrogen) atoms. The van der Waals surface area contributed by atoms with Crippen LogP contribution in [0, 0.1) is 6.92 Å². The highest BCUT2D eigenvalue weighted by Gasteiger charge is 2.42. The summed E-state index contributed by atoms with van der Waals surface area (Å²) in [5, 5.41) is 7.10. The van der Waals surface area contributed by atoms with Crippen LogP contribution in [0.15, 0.2) is 70.2 Å². The van der Waals surface area contributed by atoms with E-state index in [1.165, 1.54) is 5.56 Å². The van der Waals surface area contributed by atoms with Crippen molar-refractivity contribution in [3.05, 3.63) is 87.4 Å². The molecule has 0 N–H and O–H groups in total. The molecule has 0 amide bonds. The summed E-state index contributed by atoms with van der Waals surface area (Å²) in [5.74, 6) is 2.19. The number of nitrogens with zero attached hydrogens (tertiary/aromatic N) is 2. The zero-order valence-corrected chi connectivity index (χ0v) is 19.2. The minimum Gasteiger partial charge on any atom is -0.493 e. The normalized spacial score (nSPS) is 19.2. The van der Waals surface area contributed by atoms with Crippen molar-refractivity contribution in [3.63, 3.8) is 0 Å². The molecule has 0 spiro atoms. The van der Waals surface area contributed by atoms with Crippen LogP contribution >= 0.6 is 15.9 Å². The number of aryl methyl sites for hydroxylation is 1. The predicted molar refractivity (Wildman–Crippen MR) is 124 cm³/mol. The molecule has 0 radical (unpaired) electrons. The van der Waals surface area contributed by atoms with Gasteiger partial charge in [-0.2, -0.15) is 5.10 Å². The van der Waals surface area contributed by atoms with Crippen LogP contribution < -0.4 is 14.2 Å². The molecule has 2 aliphatic rings. The molecule has 0 fully saturated rings. The molecule has 2 heterocycles. The molecule has 5 rings (SSSR count). The van der Waals surface area contributed by atoms with Crippen molar-refractivity contribution >= 4 is 21.6 Å². The smallest absolute Gasteiger partial charge is 0.217 e. The first-order valence-corrected chi connectivity index (χ1v) is 11.0. The molecule has 3 aromatic carbocycles. The van der Waals surface area contributed by atoms with Crippen LogP contribution in [-0.4, -0.2) is 24.9 Å². The first-order chi connectivity index (χ1) is 15.1. The average Bonchev–Trinajstić information content (AvgIpc) is 3.24. The third kappa shape index (κ3) is 3.45. The topological polar surface area (TPSA) is 43.3 Å². The van der Waals surface area contributed by atoms with Gasteiger partial charge in [-0.15, -0.1) is 0 Å². The van der Waals surface area contributed by atoms with E-state index < -0.39 is 6.23 Å². The lowest BCUT2D eigenvalue weighted by molar-refractivity contribution is -0.0205. The predicted octanol–water partition coefficient (Wildman–Crippen LogP) is 6.02. The second-order valence-electron chi connectivity index (χ2n) is 7.75. The lowest BCUT2D eigenvalue weighted by atomic mass is 9.95. The summed E-state index contributed by atoms with van der Waals surface area (Å²) in [6, 6.07) is 20.6. The minimum atomic E-state index is -0.424. The second-order valence-corrected chi connectivity index (χ2v) is 8.66. The molecule has 0 bridgehead atoms. The number of halogens is 1. The van der Waals surface area contributed by atoms with Gasteiger partial charge in [0.15, 0.2) is 11.5 Å². The number of methoxy groups -OCH3 is 2. The van der Waals surface area contributed by atoms with E-state index in [9.17, 15) is 0 Å². The van der Waals surface area contributed by atoms with Crippen molar-refractivity contribution < 1.29 is 14.2 Å². The third-order valence-corrected chi connectivity index (χ3v) is 6.33. The van der Waals surface area contributed by atoms with E-state index in [1.54, 1.807) is 14.2 Å². The van der Waals surface area contributed by atoms with Crippen LogP contribution in [0.4, 0.5) is 0 Å². The quantitative estimate of drug-likeness (QED) is 0.459. The minimum absolute atomic E-state index is 0.0680. The van der Waals surface area contributed by atoms with Gasteiger partial charge < -0.3 is 14.2 Å². The molecular formula is C25H23BrN2O3. The Morgan fingerprint density at radius 1 is 1.00 bits per heavy atom. The monoisotopic (exact) mass is 478 g/mol. The Bertz CT molecular complexity index is 1160. The van der Waals surface area contributed by atoms with Gasteiger partial charge in [-0.1, -0.05) is 51.8 Å². The Morgan fingerprint density at radius 2 is 1.81 bits per heavy atom. The summed E-state index contributed by atoms with van der Waals surface area (Å²) < 4.78 is 18.8.